The zero-order chi connectivity index (χ0) is 32.3. The summed E-state index contributed by atoms with van der Waals surface area (Å²) in [6, 6.07) is 8.01. The molecular formula is C33H42F4N6O2. The molecule has 2 atom stereocenters. The zero-order valence-electron chi connectivity index (χ0n) is 26.5. The minimum Gasteiger partial charge on any atom is -0.378 e. The minimum absolute atomic E-state index is 0.0922. The molecule has 2 aromatic heterocycles. The molecule has 0 spiro atoms. The van der Waals surface area contributed by atoms with Crippen LogP contribution >= 0.6 is 0 Å². The molecule has 3 aliphatic heterocycles. The molecule has 45 heavy (non-hydrogen) atoms. The Morgan fingerprint density at radius 1 is 1.16 bits per heavy atom. The van der Waals surface area contributed by atoms with Crippen LogP contribution in [0.2, 0.25) is 0 Å². The van der Waals surface area contributed by atoms with Gasteiger partial charge in [-0.2, -0.15) is 13.2 Å². The van der Waals surface area contributed by atoms with Crippen molar-refractivity contribution in [3.63, 3.8) is 0 Å². The number of carbonyl (C=O) groups is 1. The molecule has 6 rings (SSSR count). The highest BCUT2D eigenvalue weighted by Gasteiger charge is 2.44. The number of nitrogens with zero attached hydrogens (tertiary/aromatic N) is 5. The first-order chi connectivity index (χ1) is 21.1. The molecule has 1 aromatic carbocycles. The van der Waals surface area contributed by atoms with Crippen molar-refractivity contribution < 1.29 is 27.1 Å². The summed E-state index contributed by atoms with van der Waals surface area (Å²) in [6.45, 7) is 15.3. The van der Waals surface area contributed by atoms with Gasteiger partial charge >= 0.3 is 6.18 Å². The summed E-state index contributed by atoms with van der Waals surface area (Å²) in [7, 11) is 0. The van der Waals surface area contributed by atoms with Crippen molar-refractivity contribution in [3.8, 4) is 0 Å². The molecule has 2 fully saturated rings. The van der Waals surface area contributed by atoms with Crippen molar-refractivity contribution >= 4 is 17.2 Å². The lowest BCUT2D eigenvalue weighted by atomic mass is 9.90. The van der Waals surface area contributed by atoms with Crippen molar-refractivity contribution in [2.75, 3.05) is 57.4 Å². The van der Waals surface area contributed by atoms with Gasteiger partial charge in [0.25, 0.3) is 0 Å². The van der Waals surface area contributed by atoms with Gasteiger partial charge in [0, 0.05) is 73.9 Å². The number of aromatic nitrogens is 2. The predicted molar refractivity (Wildman–Crippen MR) is 164 cm³/mol. The summed E-state index contributed by atoms with van der Waals surface area (Å²) in [6.07, 6.45) is -3.36. The van der Waals surface area contributed by atoms with E-state index in [1.165, 1.54) is 16.5 Å². The summed E-state index contributed by atoms with van der Waals surface area (Å²) < 4.78 is 62.6. The quantitative estimate of drug-likeness (QED) is 0.406. The van der Waals surface area contributed by atoms with E-state index >= 15 is 0 Å². The molecule has 0 radical (unpaired) electrons. The third-order valence-corrected chi connectivity index (χ3v) is 9.49. The van der Waals surface area contributed by atoms with Gasteiger partial charge in [-0.3, -0.25) is 14.6 Å². The van der Waals surface area contributed by atoms with E-state index in [1.54, 1.807) is 17.0 Å². The Hall–Kier alpha value is -3.06. The lowest BCUT2D eigenvalue weighted by Gasteiger charge is -2.47. The van der Waals surface area contributed by atoms with E-state index in [4.69, 9.17) is 4.74 Å². The Labute approximate surface area is 261 Å². The lowest BCUT2D eigenvalue weighted by Crippen LogP contribution is -2.64. The van der Waals surface area contributed by atoms with Gasteiger partial charge in [0.1, 0.15) is 11.5 Å². The standard InChI is InChI=1S/C33H42F4N6O2/c1-21-15-40(25(14-38-21)16-41-10-11-45-20-32(41,4)5)18-28(44)43-19-31(2,3)29-26(43)13-23(12-22-6-8-24(34)9-7-22)30-39-27(17-42(29)30)33(35,36)37/h6-9,13,17,21,25,38H,10-12,14-16,18-20H2,1-5H3/t21-,25-/m1/s1. The largest absolute Gasteiger partial charge is 0.434 e. The minimum atomic E-state index is -4.63. The van der Waals surface area contributed by atoms with Crippen LogP contribution in [-0.2, 0) is 27.5 Å². The fourth-order valence-electron chi connectivity index (χ4n) is 7.09. The van der Waals surface area contributed by atoms with Crippen molar-refractivity contribution in [1.82, 2.24) is 24.5 Å². The average Bonchev–Trinajstić information content (AvgIpc) is 3.52. The number of morpholine rings is 1. The third kappa shape index (κ3) is 6.34. The number of amides is 1. The summed E-state index contributed by atoms with van der Waals surface area (Å²) >= 11 is 0. The number of hydrogen-bond donors (Lipinski definition) is 1. The van der Waals surface area contributed by atoms with Gasteiger partial charge in [-0.25, -0.2) is 9.37 Å². The molecular weight excluding hydrogens is 588 g/mol. The second-order valence-electron chi connectivity index (χ2n) is 14.1. The third-order valence-electron chi connectivity index (χ3n) is 9.49. The molecule has 1 amide bonds. The zero-order valence-corrected chi connectivity index (χ0v) is 26.5. The lowest BCUT2D eigenvalue weighted by molar-refractivity contribution is -0.140. The first kappa shape index (κ1) is 31.9. The van der Waals surface area contributed by atoms with Crippen LogP contribution < -0.4 is 10.2 Å². The van der Waals surface area contributed by atoms with Crippen LogP contribution in [0.1, 0.15) is 57.1 Å². The number of fused-ring (bicyclic) bond motifs is 3. The molecule has 0 unspecified atom stereocenters. The fraction of sp³-hybridized carbons (Fsp3) is 0.576. The molecule has 0 saturated carbocycles. The van der Waals surface area contributed by atoms with E-state index < -0.39 is 23.1 Å². The number of ether oxygens (including phenoxy) is 1. The molecule has 244 valence electrons. The Morgan fingerprint density at radius 2 is 1.89 bits per heavy atom. The molecule has 12 heteroatoms. The number of anilines is 1. The van der Waals surface area contributed by atoms with Crippen LogP contribution in [0.3, 0.4) is 0 Å². The SMILES string of the molecule is C[C@@H]1CN(CC(=O)N2CC(C)(C)c3c2cc(Cc2ccc(F)cc2)c2nc(C(F)(F)F)cn32)[C@@H](CN2CCOCC2(C)C)CN1. The molecule has 0 aliphatic carbocycles. The maximum absolute atomic E-state index is 14.2. The number of nitrogens with one attached hydrogen (secondary N) is 1. The van der Waals surface area contributed by atoms with Crippen LogP contribution in [-0.4, -0.2) is 95.2 Å². The highest BCUT2D eigenvalue weighted by molar-refractivity contribution is 5.98. The van der Waals surface area contributed by atoms with Gasteiger partial charge in [0.2, 0.25) is 5.91 Å². The second kappa shape index (κ2) is 11.6. The number of hydrogen-bond acceptors (Lipinski definition) is 6. The van der Waals surface area contributed by atoms with Gasteiger partial charge < -0.3 is 19.4 Å². The van der Waals surface area contributed by atoms with Crippen molar-refractivity contribution in [3.05, 3.63) is 64.9 Å². The van der Waals surface area contributed by atoms with Gasteiger partial charge in [-0.15, -0.1) is 0 Å². The monoisotopic (exact) mass is 630 g/mol. The summed E-state index contributed by atoms with van der Waals surface area (Å²) in [5, 5.41) is 3.57. The predicted octanol–water partition coefficient (Wildman–Crippen LogP) is 4.48. The topological polar surface area (TPSA) is 65.4 Å². The van der Waals surface area contributed by atoms with E-state index in [0.717, 1.165) is 31.4 Å². The van der Waals surface area contributed by atoms with Crippen LogP contribution in [0, 0.1) is 5.82 Å². The Balaban J connectivity index is 1.34. The number of rotatable bonds is 6. The molecule has 3 aliphatic rings. The van der Waals surface area contributed by atoms with Crippen LogP contribution in [0.5, 0.6) is 0 Å². The maximum Gasteiger partial charge on any atom is 0.434 e. The van der Waals surface area contributed by atoms with Crippen LogP contribution in [0.4, 0.5) is 23.2 Å². The molecule has 5 heterocycles. The summed E-state index contributed by atoms with van der Waals surface area (Å²) in [5.74, 6) is -0.486. The van der Waals surface area contributed by atoms with Crippen molar-refractivity contribution in [2.24, 2.45) is 0 Å². The first-order valence-corrected chi connectivity index (χ1v) is 15.6. The number of pyridine rings is 1. The Bertz CT molecular complexity index is 1570. The number of imidazole rings is 1. The summed E-state index contributed by atoms with van der Waals surface area (Å²) in [4.78, 5) is 24.7. The van der Waals surface area contributed by atoms with E-state index in [9.17, 15) is 22.4 Å². The van der Waals surface area contributed by atoms with Crippen LogP contribution in [0.25, 0.3) is 5.65 Å². The average molecular weight is 631 g/mol. The van der Waals surface area contributed by atoms with E-state index in [1.807, 2.05) is 19.9 Å². The molecule has 0 bridgehead atoms. The van der Waals surface area contributed by atoms with Crippen molar-refractivity contribution in [1.29, 1.82) is 0 Å². The highest BCUT2D eigenvalue weighted by Crippen LogP contribution is 2.43. The first-order valence-electron chi connectivity index (χ1n) is 15.6. The van der Waals surface area contributed by atoms with Gasteiger partial charge in [-0.05, 0) is 44.5 Å². The number of piperazine rings is 1. The normalized spacial score (nSPS) is 23.9. The number of alkyl halides is 3. The molecule has 8 nitrogen and oxygen atoms in total. The molecule has 2 saturated heterocycles. The summed E-state index contributed by atoms with van der Waals surface area (Å²) in [5.41, 5.74) is 0.948. The molecule has 3 aromatic rings. The van der Waals surface area contributed by atoms with Gasteiger partial charge in [0.05, 0.1) is 31.1 Å². The number of halogens is 4. The fourth-order valence-corrected chi connectivity index (χ4v) is 7.09. The number of carbonyl (C=O) groups excluding carboxylic acids is 1. The second-order valence-corrected chi connectivity index (χ2v) is 14.1. The van der Waals surface area contributed by atoms with E-state index in [-0.39, 0.29) is 42.1 Å². The van der Waals surface area contributed by atoms with Gasteiger partial charge in [0.15, 0.2) is 5.69 Å². The van der Waals surface area contributed by atoms with E-state index in [0.29, 0.717) is 43.2 Å². The molecule has 1 N–H and O–H groups in total. The smallest absolute Gasteiger partial charge is 0.378 e. The van der Waals surface area contributed by atoms with E-state index in [2.05, 4.69) is 40.9 Å². The highest BCUT2D eigenvalue weighted by atomic mass is 19.4. The van der Waals surface area contributed by atoms with Crippen molar-refractivity contribution in [2.45, 2.75) is 70.3 Å². The van der Waals surface area contributed by atoms with Gasteiger partial charge in [-0.1, -0.05) is 26.0 Å². The van der Waals surface area contributed by atoms with Crippen LogP contribution in [0.15, 0.2) is 36.5 Å². The number of benzene rings is 1. The Kier molecular flexibility index (Phi) is 8.24. The maximum atomic E-state index is 14.2. The Morgan fingerprint density at radius 3 is 2.58 bits per heavy atom.